The average molecular weight is 405 g/mol. The quantitative estimate of drug-likeness (QED) is 0.806. The van der Waals surface area contributed by atoms with Gasteiger partial charge in [0.15, 0.2) is 0 Å². The third kappa shape index (κ3) is 1.20. The predicted octanol–water partition coefficient (Wildman–Crippen LogP) is 3.60. The topological polar surface area (TPSA) is 49.7 Å². The Morgan fingerprint density at radius 3 is 2.27 bits per heavy atom. The molecular weight excluding hydrogens is 372 g/mol. The van der Waals surface area contributed by atoms with Crippen molar-refractivity contribution in [3.8, 4) is 5.75 Å². The second-order valence-corrected chi connectivity index (χ2v) is 12.5. The average Bonchev–Trinajstić information content (AvgIpc) is 3.54. The third-order valence-corrected chi connectivity index (χ3v) is 13.1. The van der Waals surface area contributed by atoms with Crippen LogP contribution in [0.2, 0.25) is 0 Å². The number of benzene rings is 1. The van der Waals surface area contributed by atoms with Gasteiger partial charge in [-0.15, -0.1) is 0 Å². The minimum Gasteiger partial charge on any atom is -0.493 e. The molecule has 10 rings (SSSR count). The molecule has 0 saturated heterocycles. The van der Waals surface area contributed by atoms with Crippen molar-refractivity contribution in [1.82, 2.24) is 0 Å². The molecule has 0 radical (unpaired) electrons. The molecular formula is C27H32O3. The van der Waals surface area contributed by atoms with E-state index in [1.54, 1.807) is 0 Å². The summed E-state index contributed by atoms with van der Waals surface area (Å²) in [6.45, 7) is 0.904. The lowest BCUT2D eigenvalue weighted by molar-refractivity contribution is -0.282. The molecule has 9 saturated carbocycles. The van der Waals surface area contributed by atoms with Gasteiger partial charge in [0.1, 0.15) is 5.75 Å². The lowest BCUT2D eigenvalue weighted by Crippen LogP contribution is -2.72. The summed E-state index contributed by atoms with van der Waals surface area (Å²) in [5, 5.41) is 24.3. The first-order valence-electron chi connectivity index (χ1n) is 12.7. The van der Waals surface area contributed by atoms with Crippen molar-refractivity contribution in [1.29, 1.82) is 0 Å². The van der Waals surface area contributed by atoms with Crippen molar-refractivity contribution in [2.24, 2.45) is 75.9 Å². The van der Waals surface area contributed by atoms with Gasteiger partial charge in [-0.3, -0.25) is 0 Å². The van der Waals surface area contributed by atoms with Gasteiger partial charge in [-0.25, -0.2) is 0 Å². The third-order valence-electron chi connectivity index (χ3n) is 13.1. The number of hydrogen-bond donors (Lipinski definition) is 2. The molecule has 0 aliphatic heterocycles. The molecule has 14 atom stereocenters. The molecule has 0 amide bonds. The fraction of sp³-hybridized carbons (Fsp3) is 0.778. The molecule has 3 nitrogen and oxygen atoms in total. The van der Waals surface area contributed by atoms with E-state index in [0.717, 1.165) is 41.3 Å². The first-order chi connectivity index (χ1) is 14.7. The van der Waals surface area contributed by atoms with Crippen LogP contribution in [0.5, 0.6) is 5.75 Å². The van der Waals surface area contributed by atoms with Gasteiger partial charge in [-0.1, -0.05) is 24.6 Å². The van der Waals surface area contributed by atoms with Gasteiger partial charge in [0.05, 0.1) is 18.8 Å². The highest BCUT2D eigenvalue weighted by Crippen LogP contribution is 2.98. The van der Waals surface area contributed by atoms with Gasteiger partial charge >= 0.3 is 0 Å². The van der Waals surface area contributed by atoms with Crippen molar-refractivity contribution in [2.45, 2.75) is 37.7 Å². The van der Waals surface area contributed by atoms with Crippen LogP contribution in [0.25, 0.3) is 0 Å². The Kier molecular flexibility index (Phi) is 2.57. The lowest BCUT2D eigenvalue weighted by atomic mass is 9.43. The number of aliphatic hydroxyl groups excluding tert-OH is 1. The molecule has 1 aromatic rings. The zero-order valence-electron chi connectivity index (χ0n) is 17.5. The molecule has 9 bridgehead atoms. The second-order valence-electron chi connectivity index (χ2n) is 12.5. The molecule has 9 aliphatic rings. The number of ether oxygens (including phenoxy) is 1. The Bertz CT molecular complexity index is 962. The maximum Gasteiger partial charge on any atom is 0.119 e. The Labute approximate surface area is 178 Å². The number of fused-ring (bicyclic) bond motifs is 1. The van der Waals surface area contributed by atoms with Gasteiger partial charge in [0.2, 0.25) is 0 Å². The minimum absolute atomic E-state index is 0.109. The van der Waals surface area contributed by atoms with Crippen LogP contribution >= 0.6 is 0 Å². The summed E-state index contributed by atoms with van der Waals surface area (Å²) in [7, 11) is 0. The molecule has 30 heavy (non-hydrogen) atoms. The van der Waals surface area contributed by atoms with Crippen molar-refractivity contribution in [3.05, 3.63) is 30.3 Å². The van der Waals surface area contributed by atoms with Gasteiger partial charge < -0.3 is 14.9 Å². The van der Waals surface area contributed by atoms with Crippen molar-refractivity contribution in [3.63, 3.8) is 0 Å². The summed E-state index contributed by atoms with van der Waals surface area (Å²) in [6.07, 6.45) is 6.57. The van der Waals surface area contributed by atoms with Crippen molar-refractivity contribution >= 4 is 0 Å². The molecule has 0 heterocycles. The summed E-state index contributed by atoms with van der Waals surface area (Å²) in [5.41, 5.74) is -1.03. The second kappa shape index (κ2) is 4.66. The van der Waals surface area contributed by atoms with E-state index in [-0.39, 0.29) is 17.4 Å². The molecule has 158 valence electrons. The van der Waals surface area contributed by atoms with Crippen LogP contribution in [0.1, 0.15) is 32.1 Å². The maximum atomic E-state index is 13.1. The van der Waals surface area contributed by atoms with Crippen LogP contribution in [0.4, 0.5) is 0 Å². The summed E-state index contributed by atoms with van der Waals surface area (Å²) in [4.78, 5) is 0. The van der Waals surface area contributed by atoms with E-state index in [4.69, 9.17) is 4.74 Å². The van der Waals surface area contributed by atoms with E-state index in [0.29, 0.717) is 36.2 Å². The van der Waals surface area contributed by atoms with Crippen molar-refractivity contribution in [2.75, 3.05) is 13.2 Å². The first-order valence-corrected chi connectivity index (χ1v) is 12.7. The minimum atomic E-state index is -0.695. The zero-order chi connectivity index (χ0) is 19.6. The molecule has 3 heteroatoms. The molecule has 0 unspecified atom stereocenters. The standard InChI is InChI=1S/C27H32O3/c28-11-25-21-14-7-4-8-15(14)22-19(21)20-23(25)16-9-10-17-18(16)24(20)26(22,27(17,25)29)12-30-13-5-2-1-3-6-13/h1-3,5-6,14-24,28-29H,4,7-12H2/t14-,15+,16-,17+,18-,19+,20-,21+,22+,23-,24-,25-,26+,27-/m1/s1. The molecule has 1 aromatic carbocycles. The van der Waals surface area contributed by atoms with E-state index < -0.39 is 5.60 Å². The zero-order valence-corrected chi connectivity index (χ0v) is 17.5. The smallest absolute Gasteiger partial charge is 0.119 e. The fourth-order valence-electron chi connectivity index (χ4n) is 13.7. The van der Waals surface area contributed by atoms with Crippen LogP contribution in [-0.4, -0.2) is 29.0 Å². The van der Waals surface area contributed by atoms with Crippen LogP contribution in [0.15, 0.2) is 30.3 Å². The van der Waals surface area contributed by atoms with Crippen LogP contribution in [0.3, 0.4) is 0 Å². The number of aliphatic hydroxyl groups is 2. The van der Waals surface area contributed by atoms with Crippen LogP contribution in [0, 0.1) is 75.9 Å². The predicted molar refractivity (Wildman–Crippen MR) is 110 cm³/mol. The summed E-state index contributed by atoms with van der Waals surface area (Å²) in [5.74, 6) is 8.47. The van der Waals surface area contributed by atoms with Gasteiger partial charge in [0, 0.05) is 10.8 Å². The number of para-hydroxylation sites is 1. The van der Waals surface area contributed by atoms with Crippen LogP contribution < -0.4 is 4.74 Å². The normalized spacial score (nSPS) is 66.0. The molecule has 9 aliphatic carbocycles. The van der Waals surface area contributed by atoms with Crippen molar-refractivity contribution < 1.29 is 14.9 Å². The van der Waals surface area contributed by atoms with E-state index >= 15 is 0 Å². The number of rotatable bonds is 4. The Hall–Kier alpha value is -1.06. The molecule has 9 fully saturated rings. The molecule has 2 N–H and O–H groups in total. The summed E-state index contributed by atoms with van der Waals surface area (Å²) >= 11 is 0. The fourth-order valence-corrected chi connectivity index (χ4v) is 13.7. The maximum absolute atomic E-state index is 13.1. The first kappa shape index (κ1) is 16.6. The van der Waals surface area contributed by atoms with E-state index in [1.165, 1.54) is 32.1 Å². The number of hydrogen-bond acceptors (Lipinski definition) is 3. The molecule has 0 spiro atoms. The summed E-state index contributed by atoms with van der Waals surface area (Å²) in [6, 6.07) is 10.3. The van der Waals surface area contributed by atoms with Gasteiger partial charge in [0.25, 0.3) is 0 Å². The lowest BCUT2D eigenvalue weighted by Gasteiger charge is -2.64. The highest BCUT2D eigenvalue weighted by Gasteiger charge is 3.00. The Morgan fingerprint density at radius 1 is 0.800 bits per heavy atom. The Balaban J connectivity index is 1.30. The monoisotopic (exact) mass is 404 g/mol. The SMILES string of the molecule is OC[C@]12[C@@H]3[C@@H]4CC[C@H]5[C@@H]4[C@@H]4[C@@H]3[C@H]3[C@@H]1[C@@H]1CCC[C@@H]1[C@@H]3[C@]4(COc1ccccc1)[C@@]52O. The largest absolute Gasteiger partial charge is 0.493 e. The van der Waals surface area contributed by atoms with Crippen LogP contribution in [-0.2, 0) is 0 Å². The summed E-state index contributed by atoms with van der Waals surface area (Å²) < 4.78 is 6.60. The Morgan fingerprint density at radius 2 is 1.50 bits per heavy atom. The van der Waals surface area contributed by atoms with Gasteiger partial charge in [-0.2, -0.15) is 0 Å². The molecule has 0 aromatic heterocycles. The van der Waals surface area contributed by atoms with E-state index in [9.17, 15) is 10.2 Å². The highest BCUT2D eigenvalue weighted by atomic mass is 16.5. The van der Waals surface area contributed by atoms with E-state index in [2.05, 4.69) is 24.3 Å². The van der Waals surface area contributed by atoms with Gasteiger partial charge in [-0.05, 0) is 103 Å². The van der Waals surface area contributed by atoms with E-state index in [1.807, 2.05) is 6.07 Å². The highest BCUT2D eigenvalue weighted by molar-refractivity contribution is 5.47.